The van der Waals surface area contributed by atoms with Gasteiger partial charge in [0.2, 0.25) is 5.13 Å². The maximum atomic E-state index is 4.26. The summed E-state index contributed by atoms with van der Waals surface area (Å²) in [4.78, 5) is 4.03. The number of hydrogen-bond acceptors (Lipinski definition) is 6. The van der Waals surface area contributed by atoms with Gasteiger partial charge in [-0.05, 0) is 42.2 Å². The minimum absolute atomic E-state index is 0.845. The SMILES string of the molecule is CCc1ccccc1Nc1nnc(SCCc2ccncc2)s1. The molecular formula is C17H18N4S2. The lowest BCUT2D eigenvalue weighted by Gasteiger charge is -2.06. The number of thioether (sulfide) groups is 1. The summed E-state index contributed by atoms with van der Waals surface area (Å²) in [5, 5.41) is 12.7. The molecule has 0 aliphatic carbocycles. The number of rotatable bonds is 7. The van der Waals surface area contributed by atoms with Crippen molar-refractivity contribution in [2.75, 3.05) is 11.1 Å². The number of nitrogens with one attached hydrogen (secondary N) is 1. The van der Waals surface area contributed by atoms with E-state index < -0.39 is 0 Å². The van der Waals surface area contributed by atoms with Crippen LogP contribution in [-0.4, -0.2) is 20.9 Å². The van der Waals surface area contributed by atoms with Crippen LogP contribution in [0.5, 0.6) is 0 Å². The third kappa shape index (κ3) is 4.53. The fourth-order valence-electron chi connectivity index (χ4n) is 2.19. The standard InChI is InChI=1S/C17H18N4S2/c1-2-14-5-3-4-6-15(14)19-16-20-21-17(23-16)22-12-9-13-7-10-18-11-8-13/h3-8,10-11H,2,9,12H2,1H3,(H,19,20). The van der Waals surface area contributed by atoms with E-state index >= 15 is 0 Å². The maximum Gasteiger partial charge on any atom is 0.210 e. The Labute approximate surface area is 144 Å². The Morgan fingerprint density at radius 3 is 2.74 bits per heavy atom. The third-order valence-electron chi connectivity index (χ3n) is 3.41. The molecule has 6 heteroatoms. The quantitative estimate of drug-likeness (QED) is 0.637. The normalized spacial score (nSPS) is 10.7. The van der Waals surface area contributed by atoms with Crippen molar-refractivity contribution in [2.45, 2.75) is 24.1 Å². The number of aromatic nitrogens is 3. The topological polar surface area (TPSA) is 50.7 Å². The fraction of sp³-hybridized carbons (Fsp3) is 0.235. The van der Waals surface area contributed by atoms with Crippen LogP contribution in [0.25, 0.3) is 0 Å². The summed E-state index contributed by atoms with van der Waals surface area (Å²) < 4.78 is 0.996. The first kappa shape index (κ1) is 16.0. The van der Waals surface area contributed by atoms with Gasteiger partial charge in [0.25, 0.3) is 0 Å². The van der Waals surface area contributed by atoms with Crippen LogP contribution in [0.1, 0.15) is 18.1 Å². The van der Waals surface area contributed by atoms with Crippen LogP contribution in [0, 0.1) is 0 Å². The first-order valence-corrected chi connectivity index (χ1v) is 9.35. The molecule has 0 aliphatic heterocycles. The number of aryl methyl sites for hydroxylation is 2. The monoisotopic (exact) mass is 342 g/mol. The molecule has 0 saturated carbocycles. The summed E-state index contributed by atoms with van der Waals surface area (Å²) in [6, 6.07) is 12.4. The van der Waals surface area contributed by atoms with Crippen LogP contribution in [0.2, 0.25) is 0 Å². The molecule has 0 radical (unpaired) electrons. The van der Waals surface area contributed by atoms with Gasteiger partial charge < -0.3 is 5.32 Å². The smallest absolute Gasteiger partial charge is 0.210 e. The van der Waals surface area contributed by atoms with Gasteiger partial charge in [0.1, 0.15) is 0 Å². The van der Waals surface area contributed by atoms with Gasteiger partial charge >= 0.3 is 0 Å². The number of anilines is 2. The molecule has 23 heavy (non-hydrogen) atoms. The second kappa shape index (κ2) is 8.08. The van der Waals surface area contributed by atoms with E-state index in [2.05, 4.69) is 57.8 Å². The van der Waals surface area contributed by atoms with Crippen molar-refractivity contribution in [3.05, 3.63) is 59.9 Å². The predicted molar refractivity (Wildman–Crippen MR) is 97.7 cm³/mol. The van der Waals surface area contributed by atoms with Gasteiger partial charge in [-0.25, -0.2) is 0 Å². The van der Waals surface area contributed by atoms with Crippen LogP contribution in [0.4, 0.5) is 10.8 Å². The zero-order valence-electron chi connectivity index (χ0n) is 12.9. The second-order valence-electron chi connectivity index (χ2n) is 4.96. The number of benzene rings is 1. The van der Waals surface area contributed by atoms with Crippen LogP contribution in [0.3, 0.4) is 0 Å². The number of para-hydroxylation sites is 1. The van der Waals surface area contributed by atoms with E-state index in [1.807, 2.05) is 18.5 Å². The summed E-state index contributed by atoms with van der Waals surface area (Å²) in [6.45, 7) is 2.15. The van der Waals surface area contributed by atoms with Crippen molar-refractivity contribution in [1.29, 1.82) is 0 Å². The van der Waals surface area contributed by atoms with E-state index in [4.69, 9.17) is 0 Å². The minimum atomic E-state index is 0.845. The highest BCUT2D eigenvalue weighted by Gasteiger charge is 2.07. The van der Waals surface area contributed by atoms with E-state index in [1.54, 1.807) is 23.1 Å². The highest BCUT2D eigenvalue weighted by Crippen LogP contribution is 2.29. The molecule has 118 valence electrons. The highest BCUT2D eigenvalue weighted by molar-refractivity contribution is 8.01. The summed E-state index contributed by atoms with van der Waals surface area (Å²) in [7, 11) is 0. The zero-order chi connectivity index (χ0) is 15.9. The van der Waals surface area contributed by atoms with Gasteiger partial charge in [-0.1, -0.05) is 48.2 Å². The molecular weight excluding hydrogens is 324 g/mol. The summed E-state index contributed by atoms with van der Waals surface area (Å²) >= 11 is 3.34. The fourth-order valence-corrected chi connectivity index (χ4v) is 4.01. The van der Waals surface area contributed by atoms with Crippen LogP contribution >= 0.6 is 23.1 Å². The molecule has 0 unspecified atom stereocenters. The lowest BCUT2D eigenvalue weighted by molar-refractivity contribution is 1.01. The zero-order valence-corrected chi connectivity index (χ0v) is 14.5. The molecule has 3 aromatic rings. The molecule has 0 spiro atoms. The van der Waals surface area contributed by atoms with Gasteiger partial charge in [0.05, 0.1) is 0 Å². The molecule has 1 N–H and O–H groups in total. The average Bonchev–Trinajstić information content (AvgIpc) is 3.04. The average molecular weight is 342 g/mol. The second-order valence-corrected chi connectivity index (χ2v) is 7.28. The van der Waals surface area contributed by atoms with Gasteiger partial charge in [-0.3, -0.25) is 4.98 Å². The van der Waals surface area contributed by atoms with Crippen molar-refractivity contribution in [3.8, 4) is 0 Å². The van der Waals surface area contributed by atoms with Crippen LogP contribution < -0.4 is 5.32 Å². The number of nitrogens with zero attached hydrogens (tertiary/aromatic N) is 3. The number of hydrogen-bond donors (Lipinski definition) is 1. The van der Waals surface area contributed by atoms with Crippen LogP contribution in [-0.2, 0) is 12.8 Å². The predicted octanol–water partition coefficient (Wildman–Crippen LogP) is 4.57. The van der Waals surface area contributed by atoms with Gasteiger partial charge in [-0.15, -0.1) is 10.2 Å². The lowest BCUT2D eigenvalue weighted by atomic mass is 10.1. The van der Waals surface area contributed by atoms with Gasteiger partial charge in [0, 0.05) is 23.8 Å². The third-order valence-corrected chi connectivity index (χ3v) is 5.39. The van der Waals surface area contributed by atoms with Crippen molar-refractivity contribution in [3.63, 3.8) is 0 Å². The van der Waals surface area contributed by atoms with Crippen molar-refractivity contribution < 1.29 is 0 Å². The van der Waals surface area contributed by atoms with E-state index in [0.717, 1.165) is 33.8 Å². The Hall–Kier alpha value is -1.92. The van der Waals surface area contributed by atoms with E-state index in [0.29, 0.717) is 0 Å². The van der Waals surface area contributed by atoms with Crippen molar-refractivity contribution >= 4 is 33.9 Å². The van der Waals surface area contributed by atoms with E-state index in [9.17, 15) is 0 Å². The molecule has 3 rings (SSSR count). The van der Waals surface area contributed by atoms with Crippen molar-refractivity contribution in [1.82, 2.24) is 15.2 Å². The maximum absolute atomic E-state index is 4.26. The molecule has 0 aliphatic rings. The minimum Gasteiger partial charge on any atom is -0.330 e. The molecule has 0 fully saturated rings. The first-order valence-electron chi connectivity index (χ1n) is 7.55. The highest BCUT2D eigenvalue weighted by atomic mass is 32.2. The molecule has 1 aromatic carbocycles. The molecule has 0 bridgehead atoms. The van der Waals surface area contributed by atoms with Crippen molar-refractivity contribution in [2.24, 2.45) is 0 Å². The molecule has 4 nitrogen and oxygen atoms in total. The largest absolute Gasteiger partial charge is 0.330 e. The molecule has 2 aromatic heterocycles. The Morgan fingerprint density at radius 1 is 1.09 bits per heavy atom. The summed E-state index contributed by atoms with van der Waals surface area (Å²) in [5.74, 6) is 0.990. The summed E-state index contributed by atoms with van der Waals surface area (Å²) in [6.07, 6.45) is 5.67. The Morgan fingerprint density at radius 2 is 1.91 bits per heavy atom. The van der Waals surface area contributed by atoms with E-state index in [-0.39, 0.29) is 0 Å². The number of pyridine rings is 1. The summed E-state index contributed by atoms with van der Waals surface area (Å²) in [5.41, 5.74) is 3.70. The first-order chi connectivity index (χ1) is 11.3. The molecule has 0 atom stereocenters. The van der Waals surface area contributed by atoms with Crippen LogP contribution in [0.15, 0.2) is 53.1 Å². The Balaban J connectivity index is 1.56. The van der Waals surface area contributed by atoms with E-state index in [1.165, 1.54) is 11.1 Å². The van der Waals surface area contributed by atoms with Gasteiger partial charge in [0.15, 0.2) is 4.34 Å². The Bertz CT molecular complexity index is 743. The molecule has 2 heterocycles. The Kier molecular flexibility index (Phi) is 5.60. The molecule has 0 amide bonds. The lowest BCUT2D eigenvalue weighted by Crippen LogP contribution is -1.94. The van der Waals surface area contributed by atoms with Gasteiger partial charge in [-0.2, -0.15) is 0 Å². The molecule has 0 saturated heterocycles.